The fraction of sp³-hybridized carbons (Fsp3) is 0.208. The van der Waals surface area contributed by atoms with Gasteiger partial charge in [0, 0.05) is 13.1 Å². The molecule has 0 radical (unpaired) electrons. The van der Waals surface area contributed by atoms with Crippen LogP contribution in [0, 0.1) is 0 Å². The number of ether oxygens (including phenoxy) is 2. The largest absolute Gasteiger partial charge is 0.457 e. The number of carbonyl (C=O) groups is 1. The summed E-state index contributed by atoms with van der Waals surface area (Å²) in [5, 5.41) is 0. The van der Waals surface area contributed by atoms with Gasteiger partial charge in [0.05, 0.1) is 23.8 Å². The fourth-order valence-electron chi connectivity index (χ4n) is 3.38. The SMILES string of the molecule is O=C(CN(c1ccc(Oc2ccccc2)cc1)S(=O)(=O)c1ccccc1)N1CCOCC1. The van der Waals surface area contributed by atoms with Crippen molar-refractivity contribution in [2.45, 2.75) is 4.90 Å². The Morgan fingerprint density at radius 3 is 2.03 bits per heavy atom. The van der Waals surface area contributed by atoms with E-state index in [0.717, 1.165) is 4.31 Å². The smallest absolute Gasteiger partial charge is 0.264 e. The van der Waals surface area contributed by atoms with E-state index in [0.29, 0.717) is 43.5 Å². The van der Waals surface area contributed by atoms with Gasteiger partial charge in [0.2, 0.25) is 5.91 Å². The van der Waals surface area contributed by atoms with E-state index in [9.17, 15) is 13.2 Å². The van der Waals surface area contributed by atoms with E-state index in [1.54, 1.807) is 47.4 Å². The van der Waals surface area contributed by atoms with Crippen molar-refractivity contribution in [1.29, 1.82) is 0 Å². The number of sulfonamides is 1. The molecule has 1 amide bonds. The Balaban J connectivity index is 1.61. The molecule has 0 aliphatic carbocycles. The molecule has 1 heterocycles. The molecule has 0 bridgehead atoms. The third-order valence-electron chi connectivity index (χ3n) is 5.08. The van der Waals surface area contributed by atoms with Gasteiger partial charge in [-0.2, -0.15) is 0 Å². The lowest BCUT2D eigenvalue weighted by molar-refractivity contribution is -0.133. The molecule has 1 fully saturated rings. The Morgan fingerprint density at radius 2 is 1.41 bits per heavy atom. The number of anilines is 1. The minimum Gasteiger partial charge on any atom is -0.457 e. The molecule has 1 aliphatic heterocycles. The average Bonchev–Trinajstić information content (AvgIpc) is 2.85. The number of amides is 1. The van der Waals surface area contributed by atoms with E-state index < -0.39 is 10.0 Å². The van der Waals surface area contributed by atoms with E-state index in [4.69, 9.17) is 9.47 Å². The average molecular weight is 453 g/mol. The summed E-state index contributed by atoms with van der Waals surface area (Å²) in [7, 11) is -3.95. The highest BCUT2D eigenvalue weighted by Gasteiger charge is 2.29. The highest BCUT2D eigenvalue weighted by Crippen LogP contribution is 2.28. The van der Waals surface area contributed by atoms with Gasteiger partial charge in [-0.3, -0.25) is 9.10 Å². The fourth-order valence-corrected chi connectivity index (χ4v) is 4.81. The number of para-hydroxylation sites is 1. The van der Waals surface area contributed by atoms with Gasteiger partial charge in [-0.15, -0.1) is 0 Å². The minimum atomic E-state index is -3.95. The van der Waals surface area contributed by atoms with Gasteiger partial charge in [0.1, 0.15) is 18.0 Å². The topological polar surface area (TPSA) is 76.2 Å². The molecule has 1 saturated heterocycles. The Bertz CT molecular complexity index is 1130. The molecule has 32 heavy (non-hydrogen) atoms. The molecule has 1 aliphatic rings. The molecule has 0 N–H and O–H groups in total. The monoisotopic (exact) mass is 452 g/mol. The van der Waals surface area contributed by atoms with E-state index >= 15 is 0 Å². The van der Waals surface area contributed by atoms with Crippen LogP contribution in [0.15, 0.2) is 89.8 Å². The zero-order valence-electron chi connectivity index (χ0n) is 17.5. The lowest BCUT2D eigenvalue weighted by Gasteiger charge is -2.30. The number of benzene rings is 3. The summed E-state index contributed by atoms with van der Waals surface area (Å²) in [6, 6.07) is 24.1. The van der Waals surface area contributed by atoms with E-state index in [1.807, 2.05) is 30.3 Å². The Morgan fingerprint density at radius 1 is 0.844 bits per heavy atom. The van der Waals surface area contributed by atoms with Gasteiger partial charge >= 0.3 is 0 Å². The van der Waals surface area contributed by atoms with Crippen LogP contribution in [0.3, 0.4) is 0 Å². The van der Waals surface area contributed by atoms with Crippen LogP contribution in [0.4, 0.5) is 5.69 Å². The predicted molar refractivity (Wildman–Crippen MR) is 121 cm³/mol. The zero-order valence-corrected chi connectivity index (χ0v) is 18.3. The standard InChI is InChI=1S/C24H24N2O5S/c27-24(25-15-17-30-18-16-25)19-26(32(28,29)23-9-5-2-6-10-23)20-11-13-22(14-12-20)31-21-7-3-1-4-8-21/h1-14H,15-19H2. The van der Waals surface area contributed by atoms with Crippen LogP contribution in [0.1, 0.15) is 0 Å². The lowest BCUT2D eigenvalue weighted by Crippen LogP contribution is -2.47. The molecule has 0 aromatic heterocycles. The maximum atomic E-state index is 13.4. The molecule has 0 saturated carbocycles. The number of rotatable bonds is 7. The van der Waals surface area contributed by atoms with Crippen LogP contribution >= 0.6 is 0 Å². The highest BCUT2D eigenvalue weighted by molar-refractivity contribution is 7.92. The summed E-state index contributed by atoms with van der Waals surface area (Å²) in [5.74, 6) is 0.977. The third-order valence-corrected chi connectivity index (χ3v) is 6.87. The van der Waals surface area contributed by atoms with Gasteiger partial charge in [-0.05, 0) is 48.5 Å². The highest BCUT2D eigenvalue weighted by atomic mass is 32.2. The maximum Gasteiger partial charge on any atom is 0.264 e. The van der Waals surface area contributed by atoms with Gasteiger partial charge in [0.25, 0.3) is 10.0 Å². The van der Waals surface area contributed by atoms with Gasteiger partial charge in [-0.1, -0.05) is 36.4 Å². The van der Waals surface area contributed by atoms with Crippen molar-refractivity contribution < 1.29 is 22.7 Å². The number of carbonyl (C=O) groups excluding carboxylic acids is 1. The Labute approximate surface area is 187 Å². The Kier molecular flexibility index (Phi) is 6.72. The summed E-state index contributed by atoms with van der Waals surface area (Å²) in [5.41, 5.74) is 0.385. The first kappa shape index (κ1) is 21.9. The second-order valence-electron chi connectivity index (χ2n) is 7.23. The molecule has 3 aromatic rings. The first-order valence-corrected chi connectivity index (χ1v) is 11.7. The summed E-state index contributed by atoms with van der Waals surface area (Å²) < 4.78 is 39.1. The summed E-state index contributed by atoms with van der Waals surface area (Å²) in [6.07, 6.45) is 0. The van der Waals surface area contributed by atoms with Crippen molar-refractivity contribution in [1.82, 2.24) is 4.90 Å². The van der Waals surface area contributed by atoms with Crippen molar-refractivity contribution in [3.63, 3.8) is 0 Å². The van der Waals surface area contributed by atoms with Crippen LogP contribution in [0.2, 0.25) is 0 Å². The van der Waals surface area contributed by atoms with Crippen LogP contribution in [-0.4, -0.2) is 52.1 Å². The normalized spacial score (nSPS) is 14.1. The molecular weight excluding hydrogens is 428 g/mol. The first-order valence-electron chi connectivity index (χ1n) is 10.3. The molecule has 0 spiro atoms. The molecule has 3 aromatic carbocycles. The number of hydrogen-bond acceptors (Lipinski definition) is 5. The van der Waals surface area contributed by atoms with Crippen molar-refractivity contribution in [3.8, 4) is 11.5 Å². The van der Waals surface area contributed by atoms with Crippen LogP contribution in [-0.2, 0) is 19.6 Å². The van der Waals surface area contributed by atoms with E-state index in [1.165, 1.54) is 12.1 Å². The van der Waals surface area contributed by atoms with Crippen LogP contribution in [0.25, 0.3) is 0 Å². The molecular formula is C24H24N2O5S. The predicted octanol–water partition coefficient (Wildman–Crippen LogP) is 3.53. The number of nitrogens with zero attached hydrogens (tertiary/aromatic N) is 2. The zero-order chi connectivity index (χ0) is 22.4. The first-order chi connectivity index (χ1) is 15.5. The third kappa shape index (κ3) is 5.09. The van der Waals surface area contributed by atoms with E-state index in [2.05, 4.69) is 0 Å². The second-order valence-corrected chi connectivity index (χ2v) is 9.09. The quantitative estimate of drug-likeness (QED) is 0.548. The van der Waals surface area contributed by atoms with Crippen molar-refractivity contribution in [2.75, 3.05) is 37.2 Å². The molecule has 0 unspecified atom stereocenters. The van der Waals surface area contributed by atoms with Crippen LogP contribution < -0.4 is 9.04 Å². The van der Waals surface area contributed by atoms with Gasteiger partial charge in [0.15, 0.2) is 0 Å². The summed E-state index contributed by atoms with van der Waals surface area (Å²) >= 11 is 0. The van der Waals surface area contributed by atoms with Crippen molar-refractivity contribution >= 4 is 21.6 Å². The molecule has 4 rings (SSSR count). The van der Waals surface area contributed by atoms with Crippen molar-refractivity contribution in [2.24, 2.45) is 0 Å². The molecule has 8 heteroatoms. The summed E-state index contributed by atoms with van der Waals surface area (Å²) in [4.78, 5) is 14.7. The molecule has 0 atom stereocenters. The molecule has 7 nitrogen and oxygen atoms in total. The minimum absolute atomic E-state index is 0.124. The van der Waals surface area contributed by atoms with Crippen LogP contribution in [0.5, 0.6) is 11.5 Å². The molecule has 166 valence electrons. The maximum absolute atomic E-state index is 13.4. The van der Waals surface area contributed by atoms with Gasteiger partial charge in [-0.25, -0.2) is 8.42 Å². The summed E-state index contributed by atoms with van der Waals surface area (Å²) in [6.45, 7) is 1.49. The number of hydrogen-bond donors (Lipinski definition) is 0. The second kappa shape index (κ2) is 9.84. The Hall–Kier alpha value is -3.36. The lowest BCUT2D eigenvalue weighted by atomic mass is 10.3. The van der Waals surface area contributed by atoms with Crippen molar-refractivity contribution in [3.05, 3.63) is 84.9 Å². The van der Waals surface area contributed by atoms with E-state index in [-0.39, 0.29) is 17.3 Å². The van der Waals surface area contributed by atoms with Gasteiger partial charge < -0.3 is 14.4 Å². The number of morpholine rings is 1.